The van der Waals surface area contributed by atoms with Crippen molar-refractivity contribution in [2.24, 2.45) is 0 Å². The monoisotopic (exact) mass is 289 g/mol. The van der Waals surface area contributed by atoms with Gasteiger partial charge in [0.2, 0.25) is 0 Å². The second kappa shape index (κ2) is 7.93. The summed E-state index contributed by atoms with van der Waals surface area (Å²) >= 11 is 6.14. The van der Waals surface area contributed by atoms with Crippen molar-refractivity contribution in [3.63, 3.8) is 0 Å². The van der Waals surface area contributed by atoms with Crippen molar-refractivity contribution in [1.82, 2.24) is 5.32 Å². The molecule has 0 aromatic heterocycles. The van der Waals surface area contributed by atoms with E-state index in [-0.39, 0.29) is 0 Å². The van der Waals surface area contributed by atoms with Crippen LogP contribution in [0.3, 0.4) is 0 Å². The van der Waals surface area contributed by atoms with Crippen molar-refractivity contribution in [2.45, 2.75) is 26.4 Å². The Morgan fingerprint density at radius 1 is 0.950 bits per heavy atom. The van der Waals surface area contributed by atoms with Gasteiger partial charge in [-0.3, -0.25) is 0 Å². The van der Waals surface area contributed by atoms with Crippen LogP contribution in [-0.2, 0) is 13.1 Å². The van der Waals surface area contributed by atoms with E-state index in [1.807, 2.05) is 42.5 Å². The lowest BCUT2D eigenvalue weighted by molar-refractivity contribution is 0.313. The Morgan fingerprint density at radius 3 is 2.35 bits per heavy atom. The predicted octanol–water partition coefficient (Wildman–Crippen LogP) is 4.42. The van der Waals surface area contributed by atoms with E-state index in [0.717, 1.165) is 42.5 Å². The largest absolute Gasteiger partial charge is 0.493 e. The first-order valence-corrected chi connectivity index (χ1v) is 7.34. The normalized spacial score (nSPS) is 10.5. The third-order valence-electron chi connectivity index (χ3n) is 3.02. The van der Waals surface area contributed by atoms with Crippen LogP contribution in [0.4, 0.5) is 0 Å². The van der Waals surface area contributed by atoms with Gasteiger partial charge in [0.15, 0.2) is 0 Å². The average Bonchev–Trinajstić information content (AvgIpc) is 2.48. The molecule has 2 aromatic carbocycles. The van der Waals surface area contributed by atoms with Crippen molar-refractivity contribution in [3.05, 3.63) is 64.7 Å². The van der Waals surface area contributed by atoms with E-state index in [4.69, 9.17) is 16.3 Å². The molecule has 0 spiro atoms. The maximum absolute atomic E-state index is 6.14. The standard InChI is InChI=1S/C17H20ClNO/c1-2-11-20-17-10-6-4-8-15(17)13-19-12-14-7-3-5-9-16(14)18/h3-10,19H,2,11-13H2,1H3. The highest BCUT2D eigenvalue weighted by atomic mass is 35.5. The summed E-state index contributed by atoms with van der Waals surface area (Å²) < 4.78 is 5.75. The fraction of sp³-hybridized carbons (Fsp3) is 0.294. The maximum Gasteiger partial charge on any atom is 0.123 e. The lowest BCUT2D eigenvalue weighted by atomic mass is 10.2. The fourth-order valence-electron chi connectivity index (χ4n) is 1.98. The summed E-state index contributed by atoms with van der Waals surface area (Å²) in [6.07, 6.45) is 1.02. The molecular formula is C17H20ClNO. The number of hydrogen-bond donors (Lipinski definition) is 1. The van der Waals surface area contributed by atoms with Gasteiger partial charge in [0.05, 0.1) is 6.61 Å². The lowest BCUT2D eigenvalue weighted by Crippen LogP contribution is -2.14. The smallest absolute Gasteiger partial charge is 0.123 e. The number of para-hydroxylation sites is 1. The van der Waals surface area contributed by atoms with E-state index in [0.29, 0.717) is 0 Å². The number of nitrogens with one attached hydrogen (secondary N) is 1. The van der Waals surface area contributed by atoms with Gasteiger partial charge >= 0.3 is 0 Å². The quantitative estimate of drug-likeness (QED) is 0.815. The van der Waals surface area contributed by atoms with Crippen LogP contribution >= 0.6 is 11.6 Å². The van der Waals surface area contributed by atoms with Crippen LogP contribution in [0.25, 0.3) is 0 Å². The summed E-state index contributed by atoms with van der Waals surface area (Å²) in [6, 6.07) is 16.0. The van der Waals surface area contributed by atoms with Crippen molar-refractivity contribution in [1.29, 1.82) is 0 Å². The average molecular weight is 290 g/mol. The predicted molar refractivity (Wildman–Crippen MR) is 84.2 cm³/mol. The third-order valence-corrected chi connectivity index (χ3v) is 3.39. The molecule has 0 saturated carbocycles. The zero-order valence-corrected chi connectivity index (χ0v) is 12.5. The van der Waals surface area contributed by atoms with E-state index in [1.165, 1.54) is 5.56 Å². The molecule has 0 aliphatic carbocycles. The molecule has 20 heavy (non-hydrogen) atoms. The van der Waals surface area contributed by atoms with Crippen molar-refractivity contribution in [2.75, 3.05) is 6.61 Å². The van der Waals surface area contributed by atoms with Gasteiger partial charge in [0.1, 0.15) is 5.75 Å². The Morgan fingerprint density at radius 2 is 1.60 bits per heavy atom. The minimum Gasteiger partial charge on any atom is -0.493 e. The molecule has 0 atom stereocenters. The highest BCUT2D eigenvalue weighted by Crippen LogP contribution is 2.19. The summed E-state index contributed by atoms with van der Waals surface area (Å²) in [7, 11) is 0. The van der Waals surface area contributed by atoms with Gasteiger partial charge in [-0.1, -0.05) is 54.9 Å². The van der Waals surface area contributed by atoms with Crippen LogP contribution in [0.2, 0.25) is 5.02 Å². The van der Waals surface area contributed by atoms with Crippen molar-refractivity contribution >= 4 is 11.6 Å². The molecule has 1 N–H and O–H groups in total. The molecule has 2 aromatic rings. The molecule has 0 amide bonds. The van der Waals surface area contributed by atoms with Crippen LogP contribution in [-0.4, -0.2) is 6.61 Å². The first-order valence-electron chi connectivity index (χ1n) is 6.96. The van der Waals surface area contributed by atoms with Gasteiger partial charge in [-0.15, -0.1) is 0 Å². The Kier molecular flexibility index (Phi) is 5.90. The van der Waals surface area contributed by atoms with Crippen LogP contribution in [0, 0.1) is 0 Å². The summed E-state index contributed by atoms with van der Waals surface area (Å²) in [5.41, 5.74) is 2.29. The van der Waals surface area contributed by atoms with Crippen LogP contribution in [0.1, 0.15) is 24.5 Å². The molecule has 0 aliphatic heterocycles. The zero-order valence-electron chi connectivity index (χ0n) is 11.7. The Bertz CT molecular complexity index is 542. The first-order chi connectivity index (χ1) is 9.81. The molecule has 0 saturated heterocycles. The summed E-state index contributed by atoms with van der Waals surface area (Å²) in [6.45, 7) is 4.38. The maximum atomic E-state index is 6.14. The SMILES string of the molecule is CCCOc1ccccc1CNCc1ccccc1Cl. The molecule has 2 rings (SSSR count). The van der Waals surface area contributed by atoms with Crippen LogP contribution < -0.4 is 10.1 Å². The van der Waals surface area contributed by atoms with Crippen LogP contribution in [0.5, 0.6) is 5.75 Å². The van der Waals surface area contributed by atoms with E-state index in [1.54, 1.807) is 0 Å². The molecular weight excluding hydrogens is 270 g/mol. The highest BCUT2D eigenvalue weighted by Gasteiger charge is 2.03. The molecule has 0 radical (unpaired) electrons. The first kappa shape index (κ1) is 14.9. The van der Waals surface area contributed by atoms with Gasteiger partial charge in [-0.25, -0.2) is 0 Å². The molecule has 0 heterocycles. The van der Waals surface area contributed by atoms with Crippen molar-refractivity contribution in [3.8, 4) is 5.75 Å². The molecule has 0 fully saturated rings. The molecule has 0 unspecified atom stereocenters. The van der Waals surface area contributed by atoms with Crippen molar-refractivity contribution < 1.29 is 4.74 Å². The second-order valence-corrected chi connectivity index (χ2v) is 5.06. The number of rotatable bonds is 7. The number of hydrogen-bond acceptors (Lipinski definition) is 2. The fourth-order valence-corrected chi connectivity index (χ4v) is 2.18. The van der Waals surface area contributed by atoms with Gasteiger partial charge in [0.25, 0.3) is 0 Å². The van der Waals surface area contributed by atoms with Gasteiger partial charge in [0, 0.05) is 23.7 Å². The minimum atomic E-state index is 0.752. The lowest BCUT2D eigenvalue weighted by Gasteiger charge is -2.12. The number of benzene rings is 2. The third kappa shape index (κ3) is 4.26. The van der Waals surface area contributed by atoms with Gasteiger partial charge in [-0.2, -0.15) is 0 Å². The minimum absolute atomic E-state index is 0.752. The zero-order chi connectivity index (χ0) is 14.2. The number of ether oxygens (including phenoxy) is 1. The molecule has 106 valence electrons. The topological polar surface area (TPSA) is 21.3 Å². The Labute approximate surface area is 125 Å². The number of halogens is 1. The van der Waals surface area contributed by atoms with E-state index >= 15 is 0 Å². The molecule has 2 nitrogen and oxygen atoms in total. The van der Waals surface area contributed by atoms with E-state index < -0.39 is 0 Å². The summed E-state index contributed by atoms with van der Waals surface area (Å²) in [5.74, 6) is 0.959. The summed E-state index contributed by atoms with van der Waals surface area (Å²) in [4.78, 5) is 0. The molecule has 0 aliphatic rings. The van der Waals surface area contributed by atoms with Gasteiger partial charge in [-0.05, 0) is 24.1 Å². The second-order valence-electron chi connectivity index (χ2n) is 4.65. The van der Waals surface area contributed by atoms with Gasteiger partial charge < -0.3 is 10.1 Å². The molecule has 3 heteroatoms. The Balaban J connectivity index is 1.92. The van der Waals surface area contributed by atoms with E-state index in [2.05, 4.69) is 18.3 Å². The van der Waals surface area contributed by atoms with Crippen LogP contribution in [0.15, 0.2) is 48.5 Å². The Hall–Kier alpha value is -1.51. The summed E-state index contributed by atoms with van der Waals surface area (Å²) in [5, 5.41) is 4.21. The highest BCUT2D eigenvalue weighted by molar-refractivity contribution is 6.31. The van der Waals surface area contributed by atoms with E-state index in [9.17, 15) is 0 Å². The molecule has 0 bridgehead atoms.